The number of nitrogens with one attached hydrogen (secondary N) is 2. The van der Waals surface area contributed by atoms with Gasteiger partial charge in [0.1, 0.15) is 5.82 Å². The zero-order chi connectivity index (χ0) is 17.5. The van der Waals surface area contributed by atoms with Crippen molar-refractivity contribution >= 4 is 11.7 Å². The SMILES string of the molecule is CCCNCC(=O)Nc1cc(-c2ccccc2)nn1-c1ccccc1. The van der Waals surface area contributed by atoms with Crippen molar-refractivity contribution in [3.8, 4) is 16.9 Å². The molecule has 0 saturated carbocycles. The van der Waals surface area contributed by atoms with Gasteiger partial charge in [0.25, 0.3) is 0 Å². The Hall–Kier alpha value is -2.92. The monoisotopic (exact) mass is 334 g/mol. The van der Waals surface area contributed by atoms with Crippen molar-refractivity contribution in [2.24, 2.45) is 0 Å². The lowest BCUT2D eigenvalue weighted by atomic mass is 10.2. The number of aromatic nitrogens is 2. The molecule has 0 saturated heterocycles. The summed E-state index contributed by atoms with van der Waals surface area (Å²) in [4.78, 5) is 12.2. The number of amides is 1. The molecule has 5 heteroatoms. The summed E-state index contributed by atoms with van der Waals surface area (Å²) in [5.41, 5.74) is 2.74. The molecule has 5 nitrogen and oxygen atoms in total. The predicted molar refractivity (Wildman–Crippen MR) is 101 cm³/mol. The third-order valence-corrected chi connectivity index (χ3v) is 3.76. The van der Waals surface area contributed by atoms with Crippen LogP contribution in [0.4, 0.5) is 5.82 Å². The standard InChI is InChI=1S/C20H22N4O/c1-2-13-21-15-20(25)22-19-14-18(16-9-5-3-6-10-16)23-24(19)17-11-7-4-8-12-17/h3-12,14,21H,2,13,15H2,1H3,(H,22,25). The Bertz CT molecular complexity index is 812. The largest absolute Gasteiger partial charge is 0.309 e. The normalized spacial score (nSPS) is 10.6. The second kappa shape index (κ2) is 8.26. The van der Waals surface area contributed by atoms with Crippen LogP contribution in [0.2, 0.25) is 0 Å². The maximum absolute atomic E-state index is 12.2. The van der Waals surface area contributed by atoms with Gasteiger partial charge >= 0.3 is 0 Å². The Kier molecular flexibility index (Phi) is 5.59. The van der Waals surface area contributed by atoms with E-state index in [4.69, 9.17) is 0 Å². The first-order valence-corrected chi connectivity index (χ1v) is 8.49. The minimum atomic E-state index is -0.0786. The van der Waals surface area contributed by atoms with Crippen LogP contribution in [0.1, 0.15) is 13.3 Å². The van der Waals surface area contributed by atoms with Crippen LogP contribution in [-0.4, -0.2) is 28.8 Å². The molecule has 3 rings (SSSR count). The summed E-state index contributed by atoms with van der Waals surface area (Å²) in [5, 5.41) is 10.7. The van der Waals surface area contributed by atoms with Crippen molar-refractivity contribution in [1.29, 1.82) is 0 Å². The van der Waals surface area contributed by atoms with Crippen LogP contribution in [0.3, 0.4) is 0 Å². The molecule has 1 heterocycles. The molecule has 0 unspecified atom stereocenters. The summed E-state index contributed by atoms with van der Waals surface area (Å²) < 4.78 is 1.76. The maximum atomic E-state index is 12.2. The van der Waals surface area contributed by atoms with E-state index in [0.717, 1.165) is 29.9 Å². The second-order valence-corrected chi connectivity index (χ2v) is 5.75. The molecule has 2 aromatic carbocycles. The lowest BCUT2D eigenvalue weighted by molar-refractivity contribution is -0.115. The van der Waals surface area contributed by atoms with Crippen LogP contribution in [0.25, 0.3) is 16.9 Å². The molecule has 0 spiro atoms. The highest BCUT2D eigenvalue weighted by Crippen LogP contribution is 2.24. The van der Waals surface area contributed by atoms with Gasteiger partial charge < -0.3 is 10.6 Å². The maximum Gasteiger partial charge on any atom is 0.239 e. The summed E-state index contributed by atoms with van der Waals surface area (Å²) in [6.45, 7) is 3.18. The quantitative estimate of drug-likeness (QED) is 0.650. The number of nitrogens with zero attached hydrogens (tertiary/aromatic N) is 2. The van der Waals surface area contributed by atoms with Gasteiger partial charge in [0.15, 0.2) is 0 Å². The first kappa shape index (κ1) is 16.9. The fourth-order valence-electron chi connectivity index (χ4n) is 2.55. The van der Waals surface area contributed by atoms with E-state index in [9.17, 15) is 4.79 Å². The van der Waals surface area contributed by atoms with Crippen LogP contribution in [0.5, 0.6) is 0 Å². The Morgan fingerprint density at radius 1 is 1.04 bits per heavy atom. The number of benzene rings is 2. The molecule has 0 bridgehead atoms. The number of hydrogen-bond donors (Lipinski definition) is 2. The van der Waals surface area contributed by atoms with Crippen LogP contribution in [-0.2, 0) is 4.79 Å². The predicted octanol–water partition coefficient (Wildman–Crippen LogP) is 3.48. The first-order valence-electron chi connectivity index (χ1n) is 8.49. The summed E-state index contributed by atoms with van der Waals surface area (Å²) in [6.07, 6.45) is 0.993. The Labute approximate surface area is 147 Å². The van der Waals surface area contributed by atoms with Crippen LogP contribution < -0.4 is 10.6 Å². The topological polar surface area (TPSA) is 59.0 Å². The average molecular weight is 334 g/mol. The summed E-state index contributed by atoms with van der Waals surface area (Å²) in [5.74, 6) is 0.582. The molecular weight excluding hydrogens is 312 g/mol. The van der Waals surface area contributed by atoms with E-state index in [1.807, 2.05) is 66.7 Å². The number of anilines is 1. The third-order valence-electron chi connectivity index (χ3n) is 3.76. The summed E-state index contributed by atoms with van der Waals surface area (Å²) >= 11 is 0. The van der Waals surface area contributed by atoms with Gasteiger partial charge in [0, 0.05) is 11.6 Å². The molecule has 0 aliphatic heterocycles. The van der Waals surface area contributed by atoms with Gasteiger partial charge in [-0.2, -0.15) is 5.10 Å². The molecule has 0 radical (unpaired) electrons. The Morgan fingerprint density at radius 3 is 2.40 bits per heavy atom. The van der Waals surface area contributed by atoms with E-state index in [0.29, 0.717) is 5.82 Å². The van der Waals surface area contributed by atoms with E-state index in [2.05, 4.69) is 22.7 Å². The van der Waals surface area contributed by atoms with Crippen LogP contribution >= 0.6 is 0 Å². The number of carbonyl (C=O) groups excluding carboxylic acids is 1. The zero-order valence-electron chi connectivity index (χ0n) is 14.3. The van der Waals surface area contributed by atoms with Gasteiger partial charge in [-0.1, -0.05) is 55.5 Å². The number of para-hydroxylation sites is 1. The molecule has 3 aromatic rings. The molecule has 1 amide bonds. The van der Waals surface area contributed by atoms with Gasteiger partial charge in [0.2, 0.25) is 5.91 Å². The molecule has 0 aliphatic rings. The third kappa shape index (κ3) is 4.33. The molecule has 25 heavy (non-hydrogen) atoms. The van der Waals surface area contributed by atoms with E-state index < -0.39 is 0 Å². The Morgan fingerprint density at radius 2 is 1.72 bits per heavy atom. The number of rotatable bonds is 7. The van der Waals surface area contributed by atoms with E-state index in [-0.39, 0.29) is 12.5 Å². The molecule has 0 aliphatic carbocycles. The Balaban J connectivity index is 1.89. The second-order valence-electron chi connectivity index (χ2n) is 5.75. The lowest BCUT2D eigenvalue weighted by Gasteiger charge is -2.09. The molecule has 0 fully saturated rings. The fourth-order valence-corrected chi connectivity index (χ4v) is 2.55. The van der Waals surface area contributed by atoms with Gasteiger partial charge in [-0.05, 0) is 25.1 Å². The number of carbonyl (C=O) groups is 1. The minimum Gasteiger partial charge on any atom is -0.309 e. The minimum absolute atomic E-state index is 0.0786. The van der Waals surface area contributed by atoms with Crippen LogP contribution in [0.15, 0.2) is 66.7 Å². The number of hydrogen-bond acceptors (Lipinski definition) is 3. The smallest absolute Gasteiger partial charge is 0.239 e. The van der Waals surface area contributed by atoms with E-state index in [1.165, 1.54) is 0 Å². The highest BCUT2D eigenvalue weighted by molar-refractivity contribution is 5.92. The summed E-state index contributed by atoms with van der Waals surface area (Å²) in [6, 6.07) is 21.6. The average Bonchev–Trinajstić information content (AvgIpc) is 3.07. The van der Waals surface area contributed by atoms with Crippen molar-refractivity contribution in [3.63, 3.8) is 0 Å². The van der Waals surface area contributed by atoms with Crippen molar-refractivity contribution in [2.45, 2.75) is 13.3 Å². The zero-order valence-corrected chi connectivity index (χ0v) is 14.3. The molecular formula is C20H22N4O. The van der Waals surface area contributed by atoms with E-state index >= 15 is 0 Å². The molecule has 1 aromatic heterocycles. The van der Waals surface area contributed by atoms with Crippen molar-refractivity contribution in [2.75, 3.05) is 18.4 Å². The van der Waals surface area contributed by atoms with Gasteiger partial charge in [-0.3, -0.25) is 4.79 Å². The van der Waals surface area contributed by atoms with Gasteiger partial charge in [-0.25, -0.2) is 4.68 Å². The van der Waals surface area contributed by atoms with Crippen molar-refractivity contribution < 1.29 is 4.79 Å². The van der Waals surface area contributed by atoms with Gasteiger partial charge in [0.05, 0.1) is 17.9 Å². The van der Waals surface area contributed by atoms with Gasteiger partial charge in [-0.15, -0.1) is 0 Å². The lowest BCUT2D eigenvalue weighted by Crippen LogP contribution is -2.29. The molecule has 128 valence electrons. The van der Waals surface area contributed by atoms with Crippen molar-refractivity contribution in [3.05, 3.63) is 66.7 Å². The summed E-state index contributed by atoms with van der Waals surface area (Å²) in [7, 11) is 0. The first-order chi connectivity index (χ1) is 12.3. The molecule has 2 N–H and O–H groups in total. The van der Waals surface area contributed by atoms with Crippen LogP contribution in [0, 0.1) is 0 Å². The van der Waals surface area contributed by atoms with Crippen molar-refractivity contribution in [1.82, 2.24) is 15.1 Å². The highest BCUT2D eigenvalue weighted by atomic mass is 16.2. The molecule has 0 atom stereocenters. The fraction of sp³-hybridized carbons (Fsp3) is 0.200. The van der Waals surface area contributed by atoms with E-state index in [1.54, 1.807) is 4.68 Å². The highest BCUT2D eigenvalue weighted by Gasteiger charge is 2.13.